The van der Waals surface area contributed by atoms with Crippen LogP contribution in [0.3, 0.4) is 0 Å². The number of hydrogen-bond acceptors (Lipinski definition) is 0. The maximum absolute atomic E-state index is 2.47. The van der Waals surface area contributed by atoms with Gasteiger partial charge in [0.25, 0.3) is 0 Å². The molecule has 0 aromatic heterocycles. The van der Waals surface area contributed by atoms with Crippen LogP contribution in [0.5, 0.6) is 0 Å². The molecule has 2 fully saturated rings. The minimum Gasteiger partial charge on any atom is -0.0846 e. The number of hydrogen-bond donors (Lipinski definition) is 0. The summed E-state index contributed by atoms with van der Waals surface area (Å²) in [6.45, 7) is 19.1. The standard InChI is InChI=1S/C12H20.C8H16/c1-7-8(2)12-6-5-11(7)9(3)10(12)4;1-5-6(2)8(4)7(5)3/h5-12H,1-4H3;5-8H,1-4H3. The Morgan fingerprint density at radius 2 is 0.550 bits per heavy atom. The Bertz CT molecular complexity index is 285. The highest BCUT2D eigenvalue weighted by molar-refractivity contribution is 5.11. The highest BCUT2D eigenvalue weighted by Gasteiger charge is 2.43. The predicted molar refractivity (Wildman–Crippen MR) is 89.4 cm³/mol. The van der Waals surface area contributed by atoms with Crippen molar-refractivity contribution < 1.29 is 0 Å². The number of fused-ring (bicyclic) bond motifs is 2. The van der Waals surface area contributed by atoms with E-state index in [-0.39, 0.29) is 0 Å². The van der Waals surface area contributed by atoms with Gasteiger partial charge in [-0.05, 0) is 59.2 Å². The molecule has 2 bridgehead atoms. The molecule has 0 N–H and O–H groups in total. The molecule has 4 aliphatic carbocycles. The molecule has 4 aliphatic rings. The maximum atomic E-state index is 2.47. The second kappa shape index (κ2) is 5.85. The SMILES string of the molecule is CC1C(C)C(C)C1C.CC1C(C)C2C=CC1C(C)C2C. The van der Waals surface area contributed by atoms with E-state index < -0.39 is 0 Å². The molecule has 0 saturated heterocycles. The zero-order chi connectivity index (χ0) is 15.2. The van der Waals surface area contributed by atoms with E-state index in [1.165, 1.54) is 0 Å². The molecule has 4 rings (SSSR count). The summed E-state index contributed by atoms with van der Waals surface area (Å²) in [4.78, 5) is 0. The van der Waals surface area contributed by atoms with Crippen molar-refractivity contribution in [2.45, 2.75) is 55.4 Å². The molecule has 0 spiro atoms. The first-order valence-electron chi connectivity index (χ1n) is 8.95. The average Bonchev–Trinajstić information content (AvgIpc) is 2.46. The quantitative estimate of drug-likeness (QED) is 0.484. The van der Waals surface area contributed by atoms with Crippen molar-refractivity contribution in [3.63, 3.8) is 0 Å². The molecule has 116 valence electrons. The molecule has 0 aromatic carbocycles. The van der Waals surface area contributed by atoms with Gasteiger partial charge in [0, 0.05) is 0 Å². The third kappa shape index (κ3) is 2.48. The van der Waals surface area contributed by atoms with Gasteiger partial charge < -0.3 is 0 Å². The van der Waals surface area contributed by atoms with Gasteiger partial charge in [0.15, 0.2) is 0 Å². The first-order chi connectivity index (χ1) is 9.27. The monoisotopic (exact) mass is 276 g/mol. The summed E-state index contributed by atoms with van der Waals surface area (Å²) in [5.74, 6) is 9.26. The average molecular weight is 277 g/mol. The van der Waals surface area contributed by atoms with Gasteiger partial charge >= 0.3 is 0 Å². The summed E-state index contributed by atoms with van der Waals surface area (Å²) in [6, 6.07) is 0. The Morgan fingerprint density at radius 1 is 0.350 bits per heavy atom. The lowest BCUT2D eigenvalue weighted by Gasteiger charge is -2.50. The van der Waals surface area contributed by atoms with Crippen LogP contribution in [0.15, 0.2) is 12.2 Å². The molecule has 0 heterocycles. The Kier molecular flexibility index (Phi) is 4.72. The summed E-state index contributed by atoms with van der Waals surface area (Å²) < 4.78 is 0. The van der Waals surface area contributed by atoms with Gasteiger partial charge in [0.05, 0.1) is 0 Å². The zero-order valence-corrected chi connectivity index (χ0v) is 14.9. The van der Waals surface area contributed by atoms with Crippen LogP contribution in [0.25, 0.3) is 0 Å². The minimum atomic E-state index is 0.861. The van der Waals surface area contributed by atoms with Crippen molar-refractivity contribution in [2.24, 2.45) is 59.2 Å². The molecule has 0 amide bonds. The molecule has 0 aromatic rings. The van der Waals surface area contributed by atoms with Crippen molar-refractivity contribution in [3.8, 4) is 0 Å². The van der Waals surface area contributed by atoms with Crippen LogP contribution in [-0.2, 0) is 0 Å². The second-order valence-corrected chi connectivity index (χ2v) is 8.41. The largest absolute Gasteiger partial charge is 0.0846 e. The van der Waals surface area contributed by atoms with E-state index in [0.29, 0.717) is 0 Å². The fourth-order valence-electron chi connectivity index (χ4n) is 5.09. The van der Waals surface area contributed by atoms with E-state index in [9.17, 15) is 0 Å². The van der Waals surface area contributed by atoms with Crippen molar-refractivity contribution in [1.29, 1.82) is 0 Å². The normalized spacial score (nSPS) is 56.8. The van der Waals surface area contributed by atoms with Crippen LogP contribution < -0.4 is 0 Å². The predicted octanol–water partition coefficient (Wildman–Crippen LogP) is 5.89. The highest BCUT2D eigenvalue weighted by atomic mass is 14.5. The van der Waals surface area contributed by atoms with Gasteiger partial charge in [-0.1, -0.05) is 67.5 Å². The Morgan fingerprint density at radius 3 is 0.750 bits per heavy atom. The molecule has 0 radical (unpaired) electrons. The Hall–Kier alpha value is -0.260. The summed E-state index contributed by atoms with van der Waals surface area (Å²) in [5.41, 5.74) is 0. The van der Waals surface area contributed by atoms with Gasteiger partial charge in [0.2, 0.25) is 0 Å². The van der Waals surface area contributed by atoms with Crippen LogP contribution in [0, 0.1) is 59.2 Å². The second-order valence-electron chi connectivity index (χ2n) is 8.41. The summed E-state index contributed by atoms with van der Waals surface area (Å²) in [6.07, 6.45) is 4.94. The van der Waals surface area contributed by atoms with E-state index >= 15 is 0 Å². The molecule has 20 heavy (non-hydrogen) atoms. The smallest absolute Gasteiger partial charge is 0.0176 e. The number of allylic oxidation sites excluding steroid dienone is 2. The van der Waals surface area contributed by atoms with Crippen molar-refractivity contribution in [2.75, 3.05) is 0 Å². The lowest BCUT2D eigenvalue weighted by atomic mass is 9.55. The van der Waals surface area contributed by atoms with Gasteiger partial charge in [-0.2, -0.15) is 0 Å². The van der Waals surface area contributed by atoms with E-state index in [1.807, 2.05) is 0 Å². The fraction of sp³-hybridized carbons (Fsp3) is 0.900. The fourth-order valence-corrected chi connectivity index (χ4v) is 5.09. The zero-order valence-electron chi connectivity index (χ0n) is 14.9. The molecular formula is C20H36. The van der Waals surface area contributed by atoms with Gasteiger partial charge in [-0.25, -0.2) is 0 Å². The van der Waals surface area contributed by atoms with Gasteiger partial charge in [-0.3, -0.25) is 0 Å². The van der Waals surface area contributed by atoms with Crippen molar-refractivity contribution in [3.05, 3.63) is 12.2 Å². The van der Waals surface area contributed by atoms with E-state index in [0.717, 1.165) is 59.2 Å². The topological polar surface area (TPSA) is 0 Å². The van der Waals surface area contributed by atoms with Crippen molar-refractivity contribution >= 4 is 0 Å². The van der Waals surface area contributed by atoms with E-state index in [2.05, 4.69) is 67.5 Å². The molecule has 0 nitrogen and oxygen atoms in total. The molecule has 0 aliphatic heterocycles. The molecule has 4 atom stereocenters. The van der Waals surface area contributed by atoms with Crippen LogP contribution in [0.4, 0.5) is 0 Å². The molecule has 4 unspecified atom stereocenters. The Balaban J connectivity index is 0.000000160. The third-order valence-electron chi connectivity index (χ3n) is 7.96. The molecule has 0 heteroatoms. The van der Waals surface area contributed by atoms with Crippen LogP contribution >= 0.6 is 0 Å². The first-order valence-corrected chi connectivity index (χ1v) is 8.95. The molecule has 2 saturated carbocycles. The lowest BCUT2D eigenvalue weighted by molar-refractivity contribution is 0.0302. The Labute approximate surface area is 127 Å². The van der Waals surface area contributed by atoms with Crippen LogP contribution in [-0.4, -0.2) is 0 Å². The summed E-state index contributed by atoms with van der Waals surface area (Å²) in [7, 11) is 0. The lowest BCUT2D eigenvalue weighted by Crippen LogP contribution is -2.44. The van der Waals surface area contributed by atoms with Crippen LogP contribution in [0.2, 0.25) is 0 Å². The van der Waals surface area contributed by atoms with E-state index in [1.54, 1.807) is 0 Å². The molecular weight excluding hydrogens is 240 g/mol. The van der Waals surface area contributed by atoms with Crippen molar-refractivity contribution in [1.82, 2.24) is 0 Å². The minimum absolute atomic E-state index is 0.861. The first kappa shape index (κ1) is 16.1. The third-order valence-corrected chi connectivity index (χ3v) is 7.96. The van der Waals surface area contributed by atoms with Crippen LogP contribution in [0.1, 0.15) is 55.4 Å². The summed E-state index contributed by atoms with van der Waals surface area (Å²) >= 11 is 0. The number of rotatable bonds is 0. The van der Waals surface area contributed by atoms with E-state index in [4.69, 9.17) is 0 Å². The van der Waals surface area contributed by atoms with Gasteiger partial charge in [0.1, 0.15) is 0 Å². The van der Waals surface area contributed by atoms with Gasteiger partial charge in [-0.15, -0.1) is 0 Å². The maximum Gasteiger partial charge on any atom is -0.0176 e. The summed E-state index contributed by atoms with van der Waals surface area (Å²) in [5, 5.41) is 0. The highest BCUT2D eigenvalue weighted by Crippen LogP contribution is 2.50.